The summed E-state index contributed by atoms with van der Waals surface area (Å²) in [7, 11) is 1.92. The molecule has 1 heterocycles. The highest BCUT2D eigenvalue weighted by atomic mass is 35.5. The summed E-state index contributed by atoms with van der Waals surface area (Å²) in [5.41, 5.74) is 2.17. The summed E-state index contributed by atoms with van der Waals surface area (Å²) in [6, 6.07) is 3.88. The Morgan fingerprint density at radius 3 is 3.10 bits per heavy atom. The molecule has 0 bridgehead atoms. The van der Waals surface area contributed by atoms with E-state index in [4.69, 9.17) is 11.6 Å². The highest BCUT2D eigenvalue weighted by molar-refractivity contribution is 6.32. The first kappa shape index (κ1) is 13.4. The molecule has 4 nitrogen and oxygen atoms in total. The molecule has 0 aliphatic heterocycles. The van der Waals surface area contributed by atoms with Crippen molar-refractivity contribution < 1.29 is 4.79 Å². The molecule has 0 radical (unpaired) electrons. The maximum Gasteiger partial charge on any atom is 0.219 e. The van der Waals surface area contributed by atoms with Gasteiger partial charge in [-0.1, -0.05) is 18.5 Å². The largest absolute Gasteiger partial charge is 0.356 e. The summed E-state index contributed by atoms with van der Waals surface area (Å²) in [6.07, 6.45) is 3.64. The van der Waals surface area contributed by atoms with E-state index in [-0.39, 0.29) is 5.91 Å². The molecule has 1 aliphatic carbocycles. The number of hydrogen-bond donors (Lipinski definition) is 1. The molecule has 1 N–H and O–H groups in total. The molecule has 1 fully saturated rings. The Morgan fingerprint density at radius 1 is 1.55 bits per heavy atom. The number of aryl methyl sites for hydroxylation is 1. The first-order valence-corrected chi connectivity index (χ1v) is 7.36. The molecule has 0 saturated heterocycles. The maximum atomic E-state index is 11.3. The highest BCUT2D eigenvalue weighted by Crippen LogP contribution is 2.51. The number of hydrogen-bond acceptors (Lipinski definition) is 2. The van der Waals surface area contributed by atoms with Gasteiger partial charge in [0.2, 0.25) is 5.91 Å². The topological polar surface area (TPSA) is 46.9 Å². The predicted molar refractivity (Wildman–Crippen MR) is 79.9 cm³/mol. The summed E-state index contributed by atoms with van der Waals surface area (Å²) in [5, 5.41) is 9.33. The lowest BCUT2D eigenvalue weighted by Crippen LogP contribution is -2.24. The number of nitrogens with one attached hydrogen (secondary N) is 1. The summed E-state index contributed by atoms with van der Waals surface area (Å²) in [5.74, 6) is 1.04. The van der Waals surface area contributed by atoms with Gasteiger partial charge >= 0.3 is 0 Å². The van der Waals surface area contributed by atoms with Crippen molar-refractivity contribution in [3.63, 3.8) is 0 Å². The van der Waals surface area contributed by atoms with Crippen LogP contribution in [-0.2, 0) is 11.8 Å². The number of nitrogens with zero attached hydrogens (tertiary/aromatic N) is 2. The molecule has 106 valence electrons. The molecule has 2 unspecified atom stereocenters. The van der Waals surface area contributed by atoms with Crippen molar-refractivity contribution in [3.05, 3.63) is 28.9 Å². The molecule has 1 amide bonds. The van der Waals surface area contributed by atoms with Gasteiger partial charge < -0.3 is 5.32 Å². The maximum absolute atomic E-state index is 11.3. The second-order valence-corrected chi connectivity index (χ2v) is 5.86. The van der Waals surface area contributed by atoms with E-state index in [2.05, 4.69) is 10.4 Å². The van der Waals surface area contributed by atoms with E-state index < -0.39 is 0 Å². The number of fused-ring (bicyclic) bond motifs is 1. The molecule has 1 aromatic heterocycles. The van der Waals surface area contributed by atoms with Crippen molar-refractivity contribution in [2.24, 2.45) is 13.0 Å². The standard InChI is InChI=1S/C15H18ClN3O/c1-3-14(20)17-7-9-6-10(9)15-11-8-19(2)18-13(11)5-4-12(15)16/h4-5,8-10H,3,6-7H2,1-2H3,(H,17,20). The first-order valence-electron chi connectivity index (χ1n) is 6.98. The number of halogens is 1. The molecule has 1 aliphatic rings. The minimum atomic E-state index is 0.112. The van der Waals surface area contributed by atoms with Gasteiger partial charge in [-0.25, -0.2) is 0 Å². The molecule has 3 rings (SSSR count). The van der Waals surface area contributed by atoms with Gasteiger partial charge in [-0.3, -0.25) is 9.48 Å². The minimum Gasteiger partial charge on any atom is -0.356 e. The Morgan fingerprint density at radius 2 is 2.35 bits per heavy atom. The average molecular weight is 292 g/mol. The summed E-state index contributed by atoms with van der Waals surface area (Å²) in [6.45, 7) is 2.61. The second kappa shape index (κ2) is 5.09. The van der Waals surface area contributed by atoms with Gasteiger partial charge in [0.15, 0.2) is 0 Å². The fraction of sp³-hybridized carbons (Fsp3) is 0.467. The van der Waals surface area contributed by atoms with Crippen molar-refractivity contribution in [3.8, 4) is 0 Å². The van der Waals surface area contributed by atoms with Gasteiger partial charge in [0, 0.05) is 36.6 Å². The van der Waals surface area contributed by atoms with Gasteiger partial charge in [-0.05, 0) is 36.0 Å². The normalized spacial score (nSPS) is 21.1. The van der Waals surface area contributed by atoms with Crippen molar-refractivity contribution in [2.45, 2.75) is 25.7 Å². The Bertz CT molecular complexity index is 664. The smallest absolute Gasteiger partial charge is 0.219 e. The molecule has 0 spiro atoms. The van der Waals surface area contributed by atoms with Gasteiger partial charge in [0.25, 0.3) is 0 Å². The first-order chi connectivity index (χ1) is 9.60. The number of benzene rings is 1. The lowest BCUT2D eigenvalue weighted by atomic mass is 10.0. The van der Waals surface area contributed by atoms with Crippen molar-refractivity contribution in [2.75, 3.05) is 6.54 Å². The Balaban J connectivity index is 1.81. The van der Waals surface area contributed by atoms with E-state index in [0.29, 0.717) is 18.3 Å². The Labute approximate surface area is 123 Å². The Hall–Kier alpha value is -1.55. The third-order valence-corrected chi connectivity index (χ3v) is 4.30. The third kappa shape index (κ3) is 2.40. The summed E-state index contributed by atoms with van der Waals surface area (Å²) < 4.78 is 1.82. The molecule has 1 aromatic carbocycles. The molecule has 1 saturated carbocycles. The molecular formula is C15H18ClN3O. The number of amides is 1. The fourth-order valence-corrected chi connectivity index (χ4v) is 3.09. The van der Waals surface area contributed by atoms with Gasteiger partial charge in [-0.2, -0.15) is 5.10 Å². The second-order valence-electron chi connectivity index (χ2n) is 5.46. The van der Waals surface area contributed by atoms with Crippen LogP contribution < -0.4 is 5.32 Å². The van der Waals surface area contributed by atoms with E-state index in [1.807, 2.05) is 37.0 Å². The van der Waals surface area contributed by atoms with Crippen LogP contribution in [0.15, 0.2) is 18.3 Å². The number of carbonyl (C=O) groups is 1. The van der Waals surface area contributed by atoms with Crippen LogP contribution in [0.3, 0.4) is 0 Å². The van der Waals surface area contributed by atoms with Crippen LogP contribution in [0.1, 0.15) is 31.2 Å². The summed E-state index contributed by atoms with van der Waals surface area (Å²) >= 11 is 6.38. The fourth-order valence-electron chi connectivity index (χ4n) is 2.78. The predicted octanol–water partition coefficient (Wildman–Crippen LogP) is 2.86. The molecular weight excluding hydrogens is 274 g/mol. The van der Waals surface area contributed by atoms with Crippen molar-refractivity contribution in [1.29, 1.82) is 0 Å². The van der Waals surface area contributed by atoms with Gasteiger partial charge in [0.05, 0.1) is 5.52 Å². The van der Waals surface area contributed by atoms with Crippen LogP contribution in [0.2, 0.25) is 5.02 Å². The average Bonchev–Trinajstić information content (AvgIpc) is 3.08. The van der Waals surface area contributed by atoms with Crippen LogP contribution in [0.5, 0.6) is 0 Å². The third-order valence-electron chi connectivity index (χ3n) is 3.97. The van der Waals surface area contributed by atoms with Crippen LogP contribution in [0.25, 0.3) is 10.9 Å². The van der Waals surface area contributed by atoms with Gasteiger partial charge in [0.1, 0.15) is 0 Å². The quantitative estimate of drug-likeness (QED) is 0.941. The zero-order valence-corrected chi connectivity index (χ0v) is 12.4. The van der Waals surface area contributed by atoms with E-state index in [0.717, 1.165) is 28.9 Å². The Kier molecular flexibility index (Phi) is 3.42. The monoisotopic (exact) mass is 291 g/mol. The van der Waals surface area contributed by atoms with Crippen LogP contribution in [0, 0.1) is 5.92 Å². The zero-order chi connectivity index (χ0) is 14.3. The molecule has 2 aromatic rings. The van der Waals surface area contributed by atoms with Crippen LogP contribution in [-0.4, -0.2) is 22.2 Å². The van der Waals surface area contributed by atoms with Crippen LogP contribution >= 0.6 is 11.6 Å². The van der Waals surface area contributed by atoms with E-state index >= 15 is 0 Å². The highest BCUT2D eigenvalue weighted by Gasteiger charge is 2.40. The van der Waals surface area contributed by atoms with E-state index in [1.54, 1.807) is 0 Å². The molecule has 2 atom stereocenters. The number of aromatic nitrogens is 2. The number of carbonyl (C=O) groups excluding carboxylic acids is 1. The van der Waals surface area contributed by atoms with Crippen molar-refractivity contribution >= 4 is 28.4 Å². The van der Waals surface area contributed by atoms with Gasteiger partial charge in [-0.15, -0.1) is 0 Å². The lowest BCUT2D eigenvalue weighted by molar-refractivity contribution is -0.120. The van der Waals surface area contributed by atoms with Crippen molar-refractivity contribution in [1.82, 2.24) is 15.1 Å². The lowest BCUT2D eigenvalue weighted by Gasteiger charge is -2.06. The molecule has 5 heteroatoms. The van der Waals surface area contributed by atoms with E-state index in [1.165, 1.54) is 5.56 Å². The summed E-state index contributed by atoms with van der Waals surface area (Å²) in [4.78, 5) is 11.3. The number of rotatable bonds is 4. The SMILES string of the molecule is CCC(=O)NCC1CC1c1c(Cl)ccc2nn(C)cc12. The van der Waals surface area contributed by atoms with E-state index in [9.17, 15) is 4.79 Å². The zero-order valence-electron chi connectivity index (χ0n) is 11.7. The van der Waals surface area contributed by atoms with Crippen LogP contribution in [0.4, 0.5) is 0 Å². The molecule has 20 heavy (non-hydrogen) atoms. The minimum absolute atomic E-state index is 0.112.